The topological polar surface area (TPSA) is 12.4 Å². The first kappa shape index (κ1) is 21.0. The Morgan fingerprint density at radius 3 is 2.12 bits per heavy atom. The van der Waals surface area contributed by atoms with Gasteiger partial charge < -0.3 is 16.6 Å². The molecule has 1 nitrogen and oxygen atoms in total. The van der Waals surface area contributed by atoms with Gasteiger partial charge in [-0.2, -0.15) is 0 Å². The van der Waals surface area contributed by atoms with Gasteiger partial charge in [-0.25, -0.2) is 6.21 Å². The van der Waals surface area contributed by atoms with Crippen molar-refractivity contribution in [3.63, 3.8) is 0 Å². The SMILES string of the molecule is Cc1cccc(C)c1/C=C1/[C-]=CN=[C-]1.[Y].[Y].[Y]. The summed E-state index contributed by atoms with van der Waals surface area (Å²) >= 11 is 0. The molecule has 17 heavy (non-hydrogen) atoms. The van der Waals surface area contributed by atoms with E-state index in [1.165, 1.54) is 16.7 Å². The summed E-state index contributed by atoms with van der Waals surface area (Å²) in [6.07, 6.45) is 9.60. The van der Waals surface area contributed by atoms with E-state index >= 15 is 0 Å². The molecule has 1 aliphatic rings. The van der Waals surface area contributed by atoms with Crippen molar-refractivity contribution in [1.82, 2.24) is 0 Å². The van der Waals surface area contributed by atoms with Crippen LogP contribution in [0.15, 0.2) is 35.0 Å². The number of benzene rings is 1. The second-order valence-electron chi connectivity index (χ2n) is 3.38. The van der Waals surface area contributed by atoms with Crippen LogP contribution < -0.4 is 0 Å². The Labute approximate surface area is 179 Å². The number of rotatable bonds is 1. The van der Waals surface area contributed by atoms with Gasteiger partial charge >= 0.3 is 0 Å². The van der Waals surface area contributed by atoms with E-state index in [-0.39, 0.29) is 98.1 Å². The van der Waals surface area contributed by atoms with Crippen LogP contribution in [0.5, 0.6) is 0 Å². The zero-order valence-electron chi connectivity index (χ0n) is 10.1. The van der Waals surface area contributed by atoms with Crippen LogP contribution >= 0.6 is 0 Å². The molecule has 79 valence electrons. The fourth-order valence-corrected chi connectivity index (χ4v) is 1.51. The van der Waals surface area contributed by atoms with E-state index in [1.807, 2.05) is 0 Å². The first-order chi connectivity index (χ1) is 6.77. The summed E-state index contributed by atoms with van der Waals surface area (Å²) in [6, 6.07) is 6.28. The number of hydrogen-bond acceptors (Lipinski definition) is 1. The van der Waals surface area contributed by atoms with Gasteiger partial charge in [0.15, 0.2) is 0 Å². The minimum Gasteiger partial charge on any atom is -0.431 e. The largest absolute Gasteiger partial charge is 0.431 e. The number of aryl methyl sites for hydroxylation is 2. The van der Waals surface area contributed by atoms with E-state index < -0.39 is 0 Å². The van der Waals surface area contributed by atoms with Crippen LogP contribution in [0.4, 0.5) is 0 Å². The molecule has 1 aromatic carbocycles. The van der Waals surface area contributed by atoms with Crippen molar-refractivity contribution in [2.24, 2.45) is 4.99 Å². The Kier molecular flexibility index (Phi) is 12.9. The van der Waals surface area contributed by atoms with Crippen molar-refractivity contribution >= 4 is 12.3 Å². The molecule has 0 aromatic heterocycles. The van der Waals surface area contributed by atoms with E-state index in [1.54, 1.807) is 6.20 Å². The molecule has 3 radical (unpaired) electrons. The third kappa shape index (κ3) is 6.11. The van der Waals surface area contributed by atoms with Gasteiger partial charge in [0.2, 0.25) is 0 Å². The Hall–Kier alpha value is 1.68. The Morgan fingerprint density at radius 1 is 1.06 bits per heavy atom. The molecule has 0 amide bonds. The maximum absolute atomic E-state index is 3.87. The van der Waals surface area contributed by atoms with E-state index in [0.717, 1.165) is 5.57 Å². The van der Waals surface area contributed by atoms with E-state index in [4.69, 9.17) is 0 Å². The van der Waals surface area contributed by atoms with Gasteiger partial charge in [-0.3, -0.25) is 6.08 Å². The maximum atomic E-state index is 3.87. The summed E-state index contributed by atoms with van der Waals surface area (Å²) in [7, 11) is 0. The Morgan fingerprint density at radius 2 is 1.65 bits per heavy atom. The molecule has 0 N–H and O–H groups in total. The summed E-state index contributed by atoms with van der Waals surface area (Å²) in [5.74, 6) is 0. The molecule has 0 atom stereocenters. The third-order valence-electron chi connectivity index (χ3n) is 2.30. The molecule has 1 heterocycles. The smallest absolute Gasteiger partial charge is 0 e. The van der Waals surface area contributed by atoms with E-state index in [0.29, 0.717) is 0 Å². The van der Waals surface area contributed by atoms with Crippen molar-refractivity contribution < 1.29 is 98.1 Å². The normalized spacial score (nSPS) is 13.9. The summed E-state index contributed by atoms with van der Waals surface area (Å²) in [5.41, 5.74) is 4.70. The minimum atomic E-state index is 0. The molecule has 0 fully saturated rings. The molecular formula is C13H11NY3-2. The molecule has 0 saturated carbocycles. The molecule has 1 aromatic rings. The molecule has 0 bridgehead atoms. The predicted molar refractivity (Wildman–Crippen MR) is 59.1 cm³/mol. The second-order valence-corrected chi connectivity index (χ2v) is 3.38. The van der Waals surface area contributed by atoms with Crippen LogP contribution in [0.25, 0.3) is 6.08 Å². The van der Waals surface area contributed by atoms with Crippen molar-refractivity contribution in [3.8, 4) is 0 Å². The van der Waals surface area contributed by atoms with Crippen molar-refractivity contribution in [2.75, 3.05) is 0 Å². The number of allylic oxidation sites excluding steroid dienone is 2. The molecular weight excluding hydrogens is 437 g/mol. The van der Waals surface area contributed by atoms with Gasteiger partial charge in [0.1, 0.15) is 0 Å². The minimum absolute atomic E-state index is 0. The van der Waals surface area contributed by atoms with E-state index in [9.17, 15) is 0 Å². The maximum Gasteiger partial charge on any atom is 0 e. The summed E-state index contributed by atoms with van der Waals surface area (Å²) in [6.45, 7) is 4.21. The molecule has 0 unspecified atom stereocenters. The molecule has 0 saturated heterocycles. The Balaban J connectivity index is 0. The summed E-state index contributed by atoms with van der Waals surface area (Å²) < 4.78 is 0. The van der Waals surface area contributed by atoms with Crippen LogP contribution in [-0.4, -0.2) is 6.21 Å². The van der Waals surface area contributed by atoms with Gasteiger partial charge in [0, 0.05) is 98.1 Å². The Bertz CT molecular complexity index is 414. The zero-order chi connectivity index (χ0) is 9.97. The molecule has 0 aliphatic carbocycles. The fourth-order valence-electron chi connectivity index (χ4n) is 1.51. The standard InChI is InChI=1S/C13H11N.3Y/c1-10-4-3-5-11(2)13(10)8-12-6-7-14-9-12;;;/h3-5,7-8H,1-2H3;;;/q-2;;;/b12-8-;;;. The summed E-state index contributed by atoms with van der Waals surface area (Å²) in [5, 5.41) is 0. The molecule has 1 aliphatic heterocycles. The van der Waals surface area contributed by atoms with Gasteiger partial charge in [0.05, 0.1) is 0 Å². The number of hydrogen-bond donors (Lipinski definition) is 0. The third-order valence-corrected chi connectivity index (χ3v) is 2.30. The van der Waals surface area contributed by atoms with Crippen LogP contribution in [0.1, 0.15) is 16.7 Å². The van der Waals surface area contributed by atoms with Crippen LogP contribution in [0.3, 0.4) is 0 Å². The first-order valence-electron chi connectivity index (χ1n) is 4.59. The zero-order valence-corrected chi connectivity index (χ0v) is 18.6. The monoisotopic (exact) mass is 448 g/mol. The average Bonchev–Trinajstić information content (AvgIpc) is 2.64. The van der Waals surface area contributed by atoms with Crippen molar-refractivity contribution in [2.45, 2.75) is 13.8 Å². The molecule has 2 rings (SSSR count). The number of nitrogens with zero attached hydrogens (tertiary/aromatic N) is 1. The first-order valence-corrected chi connectivity index (χ1v) is 4.59. The fraction of sp³-hybridized carbons (Fsp3) is 0.154. The second kappa shape index (κ2) is 10.5. The van der Waals surface area contributed by atoms with Crippen molar-refractivity contribution in [3.05, 3.63) is 52.7 Å². The summed E-state index contributed by atoms with van der Waals surface area (Å²) in [4.78, 5) is 3.87. The van der Waals surface area contributed by atoms with Crippen LogP contribution in [-0.2, 0) is 98.1 Å². The van der Waals surface area contributed by atoms with Crippen LogP contribution in [0, 0.1) is 19.9 Å². The average molecular weight is 448 g/mol. The van der Waals surface area contributed by atoms with Crippen molar-refractivity contribution in [1.29, 1.82) is 0 Å². The van der Waals surface area contributed by atoms with Gasteiger partial charge in [-0.1, -0.05) is 29.3 Å². The quantitative estimate of drug-likeness (QED) is 0.587. The van der Waals surface area contributed by atoms with Gasteiger partial charge in [0.25, 0.3) is 0 Å². The van der Waals surface area contributed by atoms with Gasteiger partial charge in [-0.05, 0) is 13.8 Å². The van der Waals surface area contributed by atoms with E-state index in [2.05, 4.69) is 55.4 Å². The number of aliphatic imine (C=N–C) groups is 1. The van der Waals surface area contributed by atoms with Crippen LogP contribution in [0.2, 0.25) is 0 Å². The molecule has 0 spiro atoms. The predicted octanol–water partition coefficient (Wildman–Crippen LogP) is 2.96. The van der Waals surface area contributed by atoms with Gasteiger partial charge in [-0.15, -0.1) is 11.8 Å². The molecule has 4 heteroatoms.